The molecule has 1 aromatic carbocycles. The zero-order chi connectivity index (χ0) is 20.6. The lowest BCUT2D eigenvalue weighted by molar-refractivity contribution is -0.133. The van der Waals surface area contributed by atoms with E-state index in [9.17, 15) is 14.4 Å². The number of nitrogens with zero attached hydrogens (tertiary/aromatic N) is 2. The van der Waals surface area contributed by atoms with Gasteiger partial charge in [-0.1, -0.05) is 17.4 Å². The number of anilines is 2. The second-order valence-corrected chi connectivity index (χ2v) is 7.95. The molecule has 2 heterocycles. The molecule has 3 rings (SSSR count). The summed E-state index contributed by atoms with van der Waals surface area (Å²) in [6, 6.07) is 5.48. The molecule has 1 aliphatic rings. The summed E-state index contributed by atoms with van der Waals surface area (Å²) >= 11 is 1.03. The van der Waals surface area contributed by atoms with Gasteiger partial charge >= 0.3 is 5.97 Å². The molecule has 2 aromatic rings. The van der Waals surface area contributed by atoms with Crippen LogP contribution in [0.3, 0.4) is 0 Å². The highest BCUT2D eigenvalue weighted by Crippen LogP contribution is 2.38. The number of carbonyl (C=O) groups excluding carboxylic acids is 3. The standard InChI is InChI=1S/C19H21N3O5S/c1-10-6-7-13-12(8-10)22(17(25)19(3,4)27-13)9-14(23)21-18-20-11(2)15(28-18)16(24)26-5/h6-8H,9H2,1-5H3,(H,20,21,23). The number of carbonyl (C=O) groups is 3. The van der Waals surface area contributed by atoms with Crippen molar-refractivity contribution in [3.05, 3.63) is 34.3 Å². The van der Waals surface area contributed by atoms with E-state index in [0.29, 0.717) is 22.0 Å². The number of fused-ring (bicyclic) bond motifs is 1. The Bertz CT molecular complexity index is 966. The van der Waals surface area contributed by atoms with Crippen LogP contribution in [-0.4, -0.2) is 42.0 Å². The maximum absolute atomic E-state index is 12.8. The number of amides is 2. The molecule has 0 bridgehead atoms. The zero-order valence-electron chi connectivity index (χ0n) is 16.3. The van der Waals surface area contributed by atoms with E-state index in [0.717, 1.165) is 16.9 Å². The predicted molar refractivity (Wildman–Crippen MR) is 105 cm³/mol. The number of benzene rings is 1. The average molecular weight is 403 g/mol. The van der Waals surface area contributed by atoms with Crippen molar-refractivity contribution in [3.63, 3.8) is 0 Å². The minimum atomic E-state index is -1.08. The molecule has 0 spiro atoms. The summed E-state index contributed by atoms with van der Waals surface area (Å²) in [5.74, 6) is -0.707. The average Bonchev–Trinajstić information content (AvgIpc) is 2.99. The van der Waals surface area contributed by atoms with Crippen molar-refractivity contribution in [1.29, 1.82) is 0 Å². The third kappa shape index (κ3) is 3.70. The van der Waals surface area contributed by atoms with Crippen LogP contribution >= 0.6 is 11.3 Å². The molecule has 1 N–H and O–H groups in total. The van der Waals surface area contributed by atoms with Gasteiger partial charge in [0, 0.05) is 0 Å². The molecule has 0 fully saturated rings. The number of nitrogens with one attached hydrogen (secondary N) is 1. The monoisotopic (exact) mass is 403 g/mol. The Labute approximate surface area is 166 Å². The lowest BCUT2D eigenvalue weighted by Gasteiger charge is -2.38. The lowest BCUT2D eigenvalue weighted by Crippen LogP contribution is -2.54. The zero-order valence-corrected chi connectivity index (χ0v) is 17.1. The van der Waals surface area contributed by atoms with Crippen LogP contribution in [0.2, 0.25) is 0 Å². The van der Waals surface area contributed by atoms with Crippen LogP contribution in [0.1, 0.15) is 34.8 Å². The van der Waals surface area contributed by atoms with Crippen molar-refractivity contribution in [2.45, 2.75) is 33.3 Å². The summed E-state index contributed by atoms with van der Waals surface area (Å²) in [7, 11) is 1.28. The van der Waals surface area contributed by atoms with Gasteiger partial charge in [0.25, 0.3) is 5.91 Å². The van der Waals surface area contributed by atoms with Crippen LogP contribution in [0.15, 0.2) is 18.2 Å². The number of hydrogen-bond acceptors (Lipinski definition) is 7. The lowest BCUT2D eigenvalue weighted by atomic mass is 10.0. The quantitative estimate of drug-likeness (QED) is 0.789. The highest BCUT2D eigenvalue weighted by atomic mass is 32.1. The van der Waals surface area contributed by atoms with Crippen LogP contribution in [0.5, 0.6) is 5.75 Å². The number of aromatic nitrogens is 1. The van der Waals surface area contributed by atoms with E-state index in [1.54, 1.807) is 32.9 Å². The second-order valence-electron chi connectivity index (χ2n) is 6.95. The molecule has 0 radical (unpaired) electrons. The summed E-state index contributed by atoms with van der Waals surface area (Å²) < 4.78 is 10.5. The maximum atomic E-state index is 12.8. The number of esters is 1. The van der Waals surface area contributed by atoms with E-state index in [-0.39, 0.29) is 17.6 Å². The molecular weight excluding hydrogens is 382 g/mol. The van der Waals surface area contributed by atoms with Gasteiger partial charge < -0.3 is 14.8 Å². The second kappa shape index (κ2) is 7.23. The first-order chi connectivity index (χ1) is 13.1. The molecule has 1 aliphatic heterocycles. The fraction of sp³-hybridized carbons (Fsp3) is 0.368. The Balaban J connectivity index is 1.83. The highest BCUT2D eigenvalue weighted by molar-refractivity contribution is 7.17. The highest BCUT2D eigenvalue weighted by Gasteiger charge is 2.41. The largest absolute Gasteiger partial charge is 0.476 e. The van der Waals surface area contributed by atoms with E-state index in [4.69, 9.17) is 9.47 Å². The predicted octanol–water partition coefficient (Wildman–Crippen LogP) is 2.69. The van der Waals surface area contributed by atoms with Crippen molar-refractivity contribution < 1.29 is 23.9 Å². The van der Waals surface area contributed by atoms with Gasteiger partial charge in [0.2, 0.25) is 5.91 Å². The number of thiazole rings is 1. The molecule has 28 heavy (non-hydrogen) atoms. The third-order valence-corrected chi connectivity index (χ3v) is 5.30. The number of hydrogen-bond donors (Lipinski definition) is 1. The van der Waals surface area contributed by atoms with E-state index >= 15 is 0 Å². The van der Waals surface area contributed by atoms with Gasteiger partial charge in [-0.25, -0.2) is 9.78 Å². The van der Waals surface area contributed by atoms with Crippen LogP contribution in [0.25, 0.3) is 0 Å². The molecular formula is C19H21N3O5S. The maximum Gasteiger partial charge on any atom is 0.350 e. The summed E-state index contributed by atoms with van der Waals surface area (Å²) in [6.45, 7) is 6.68. The van der Waals surface area contributed by atoms with Gasteiger partial charge in [-0.15, -0.1) is 0 Å². The van der Waals surface area contributed by atoms with Gasteiger partial charge in [0.15, 0.2) is 10.7 Å². The molecule has 1 aromatic heterocycles. The molecule has 8 nitrogen and oxygen atoms in total. The van der Waals surface area contributed by atoms with Crippen molar-refractivity contribution in [2.75, 3.05) is 23.9 Å². The first-order valence-electron chi connectivity index (χ1n) is 8.59. The van der Waals surface area contributed by atoms with E-state index in [1.165, 1.54) is 12.0 Å². The van der Waals surface area contributed by atoms with Crippen LogP contribution in [-0.2, 0) is 14.3 Å². The normalized spacial score (nSPS) is 14.9. The SMILES string of the molecule is COC(=O)c1sc(NC(=O)CN2C(=O)C(C)(C)Oc3ccc(C)cc32)nc1C. The first-order valence-corrected chi connectivity index (χ1v) is 9.41. The number of methoxy groups -OCH3 is 1. The Morgan fingerprint density at radius 2 is 2.04 bits per heavy atom. The molecule has 0 saturated carbocycles. The smallest absolute Gasteiger partial charge is 0.350 e. The summed E-state index contributed by atoms with van der Waals surface area (Å²) in [5, 5.41) is 2.92. The van der Waals surface area contributed by atoms with E-state index < -0.39 is 17.5 Å². The van der Waals surface area contributed by atoms with Crippen molar-refractivity contribution in [2.24, 2.45) is 0 Å². The summed E-state index contributed by atoms with van der Waals surface area (Å²) in [5.41, 5.74) is 0.874. The summed E-state index contributed by atoms with van der Waals surface area (Å²) in [4.78, 5) is 43.0. The van der Waals surface area contributed by atoms with Crippen LogP contribution < -0.4 is 15.0 Å². The fourth-order valence-electron chi connectivity index (χ4n) is 2.87. The van der Waals surface area contributed by atoms with Crippen molar-refractivity contribution in [3.8, 4) is 5.75 Å². The molecule has 0 aliphatic carbocycles. The third-order valence-electron chi connectivity index (χ3n) is 4.25. The Hall–Kier alpha value is -2.94. The fourth-order valence-corrected chi connectivity index (χ4v) is 3.77. The molecule has 0 saturated heterocycles. The van der Waals surface area contributed by atoms with Crippen molar-refractivity contribution in [1.82, 2.24) is 4.98 Å². The van der Waals surface area contributed by atoms with Gasteiger partial charge in [-0.05, 0) is 45.4 Å². The van der Waals surface area contributed by atoms with Crippen molar-refractivity contribution >= 4 is 39.9 Å². The van der Waals surface area contributed by atoms with Gasteiger partial charge in [-0.3, -0.25) is 14.5 Å². The van der Waals surface area contributed by atoms with Crippen LogP contribution in [0, 0.1) is 13.8 Å². The minimum absolute atomic E-state index is 0.200. The van der Waals surface area contributed by atoms with Gasteiger partial charge in [0.05, 0.1) is 18.5 Å². The topological polar surface area (TPSA) is 97.8 Å². The molecule has 148 valence electrons. The van der Waals surface area contributed by atoms with Gasteiger partial charge in [-0.2, -0.15) is 0 Å². The van der Waals surface area contributed by atoms with E-state index in [1.807, 2.05) is 13.0 Å². The number of rotatable bonds is 4. The Kier molecular flexibility index (Phi) is 5.12. The number of aryl methyl sites for hydroxylation is 2. The number of ether oxygens (including phenoxy) is 2. The molecule has 9 heteroatoms. The minimum Gasteiger partial charge on any atom is -0.476 e. The van der Waals surface area contributed by atoms with Crippen LogP contribution in [0.4, 0.5) is 10.8 Å². The Morgan fingerprint density at radius 3 is 2.71 bits per heavy atom. The Morgan fingerprint density at radius 1 is 1.32 bits per heavy atom. The molecule has 0 unspecified atom stereocenters. The van der Waals surface area contributed by atoms with Gasteiger partial charge in [0.1, 0.15) is 17.2 Å². The molecule has 2 amide bonds. The molecule has 0 atom stereocenters. The van der Waals surface area contributed by atoms with E-state index in [2.05, 4.69) is 10.3 Å². The first kappa shape index (κ1) is 19.8. The summed E-state index contributed by atoms with van der Waals surface area (Å²) in [6.07, 6.45) is 0.